The second-order valence-electron chi connectivity index (χ2n) is 5.37. The average molecular weight is 333 g/mol. The van der Waals surface area contributed by atoms with Crippen LogP contribution >= 0.6 is 0 Å². The minimum atomic E-state index is -0.438. The first-order valence-corrected chi connectivity index (χ1v) is 8.45. The number of nitrogens with one attached hydrogen (secondary N) is 1. The van der Waals surface area contributed by atoms with Crippen LogP contribution in [-0.4, -0.2) is 24.7 Å². The van der Waals surface area contributed by atoms with Gasteiger partial charge in [0.15, 0.2) is 0 Å². The smallest absolute Gasteiger partial charge is 0.407 e. The van der Waals surface area contributed by atoms with E-state index in [1.807, 2.05) is 42.5 Å². The normalized spacial score (nSPS) is 11.9. The molecule has 1 rings (SSSR count). The average Bonchev–Trinajstić information content (AvgIpc) is 2.58. The first-order valence-electron chi connectivity index (χ1n) is 8.45. The van der Waals surface area contributed by atoms with Crippen molar-refractivity contribution in [3.05, 3.63) is 48.0 Å². The lowest BCUT2D eigenvalue weighted by atomic mass is 10.1. The predicted molar refractivity (Wildman–Crippen MR) is 93.5 cm³/mol. The molecule has 0 saturated carbocycles. The zero-order valence-electron chi connectivity index (χ0n) is 14.5. The summed E-state index contributed by atoms with van der Waals surface area (Å²) in [6.45, 7) is 4.49. The third-order valence-electron chi connectivity index (χ3n) is 3.30. The quantitative estimate of drug-likeness (QED) is 0.519. The Bertz CT molecular complexity index is 513. The fourth-order valence-corrected chi connectivity index (χ4v) is 2.14. The maximum absolute atomic E-state index is 11.9. The van der Waals surface area contributed by atoms with Crippen molar-refractivity contribution in [3.8, 4) is 0 Å². The van der Waals surface area contributed by atoms with Crippen molar-refractivity contribution >= 4 is 12.1 Å². The molecule has 1 atom stereocenters. The summed E-state index contributed by atoms with van der Waals surface area (Å²) in [5, 5.41) is 2.84. The highest BCUT2D eigenvalue weighted by atomic mass is 16.5. The largest absolute Gasteiger partial charge is 0.466 e. The standard InChI is InChI=1S/C19H27NO4/c1-3-10-17(13-8-9-14-18(21)23-4-2)20-19(22)24-15-16-11-6-5-7-12-16/h5-8,11-13,17H,3-4,9-10,14-15H2,1-2H3,(H,20,22)/b13-8-/t17-/m1/s1. The fourth-order valence-electron chi connectivity index (χ4n) is 2.14. The van der Waals surface area contributed by atoms with E-state index in [1.165, 1.54) is 0 Å². The number of hydrogen-bond acceptors (Lipinski definition) is 4. The number of benzene rings is 1. The Balaban J connectivity index is 2.35. The fraction of sp³-hybridized carbons (Fsp3) is 0.474. The monoisotopic (exact) mass is 333 g/mol. The molecule has 0 heterocycles. The molecule has 0 aliphatic rings. The van der Waals surface area contributed by atoms with Gasteiger partial charge in [-0.05, 0) is 25.3 Å². The summed E-state index contributed by atoms with van der Waals surface area (Å²) in [5.74, 6) is -0.204. The highest BCUT2D eigenvalue weighted by Crippen LogP contribution is 2.04. The molecule has 0 spiro atoms. The molecule has 1 N–H and O–H groups in total. The Morgan fingerprint density at radius 1 is 1.17 bits per heavy atom. The third-order valence-corrected chi connectivity index (χ3v) is 3.30. The minimum Gasteiger partial charge on any atom is -0.466 e. The zero-order chi connectivity index (χ0) is 17.6. The van der Waals surface area contributed by atoms with Gasteiger partial charge >= 0.3 is 12.1 Å². The van der Waals surface area contributed by atoms with Crippen LogP contribution in [0.4, 0.5) is 4.79 Å². The number of carbonyl (C=O) groups excluding carboxylic acids is 2. The molecule has 0 saturated heterocycles. The molecule has 0 bridgehead atoms. The van der Waals surface area contributed by atoms with Crippen LogP contribution in [0.25, 0.3) is 0 Å². The van der Waals surface area contributed by atoms with Crippen molar-refractivity contribution in [2.75, 3.05) is 6.61 Å². The van der Waals surface area contributed by atoms with Crippen LogP contribution < -0.4 is 5.32 Å². The molecule has 0 aliphatic heterocycles. The molecule has 0 aliphatic carbocycles. The molecular weight excluding hydrogens is 306 g/mol. The Morgan fingerprint density at radius 2 is 1.92 bits per heavy atom. The van der Waals surface area contributed by atoms with E-state index in [0.29, 0.717) is 19.4 Å². The van der Waals surface area contributed by atoms with Gasteiger partial charge < -0.3 is 14.8 Å². The van der Waals surface area contributed by atoms with Crippen LogP contribution in [-0.2, 0) is 20.9 Å². The van der Waals surface area contributed by atoms with Gasteiger partial charge in [0, 0.05) is 6.42 Å². The molecule has 0 aromatic heterocycles. The molecule has 0 unspecified atom stereocenters. The predicted octanol–water partition coefficient (Wildman–Crippen LogP) is 3.98. The summed E-state index contributed by atoms with van der Waals surface area (Å²) >= 11 is 0. The van der Waals surface area contributed by atoms with Crippen molar-refractivity contribution in [1.82, 2.24) is 5.32 Å². The van der Waals surface area contributed by atoms with E-state index in [2.05, 4.69) is 12.2 Å². The van der Waals surface area contributed by atoms with Crippen LogP contribution in [0.3, 0.4) is 0 Å². The summed E-state index contributed by atoms with van der Waals surface area (Å²) in [5.41, 5.74) is 0.949. The Labute approximate surface area is 144 Å². The number of allylic oxidation sites excluding steroid dienone is 1. The molecule has 0 radical (unpaired) electrons. The van der Waals surface area contributed by atoms with Gasteiger partial charge in [-0.15, -0.1) is 0 Å². The summed E-state index contributed by atoms with van der Waals surface area (Å²) in [7, 11) is 0. The molecule has 1 aromatic carbocycles. The van der Waals surface area contributed by atoms with Gasteiger partial charge in [-0.2, -0.15) is 0 Å². The van der Waals surface area contributed by atoms with Crippen molar-refractivity contribution < 1.29 is 19.1 Å². The number of alkyl carbamates (subject to hydrolysis) is 1. The molecule has 5 nitrogen and oxygen atoms in total. The van der Waals surface area contributed by atoms with Crippen molar-refractivity contribution in [2.24, 2.45) is 0 Å². The first-order chi connectivity index (χ1) is 11.7. The number of rotatable bonds is 10. The lowest BCUT2D eigenvalue weighted by Crippen LogP contribution is -2.33. The van der Waals surface area contributed by atoms with Crippen LogP contribution in [0.2, 0.25) is 0 Å². The molecule has 24 heavy (non-hydrogen) atoms. The summed E-state index contributed by atoms with van der Waals surface area (Å²) in [6.07, 6.45) is 6.07. The second kappa shape index (κ2) is 12.2. The van der Waals surface area contributed by atoms with Gasteiger partial charge in [0.05, 0.1) is 12.6 Å². The van der Waals surface area contributed by atoms with Crippen molar-refractivity contribution in [2.45, 2.75) is 52.2 Å². The lowest BCUT2D eigenvalue weighted by molar-refractivity contribution is -0.143. The van der Waals surface area contributed by atoms with E-state index in [-0.39, 0.29) is 18.6 Å². The summed E-state index contributed by atoms with van der Waals surface area (Å²) < 4.78 is 10.1. The van der Waals surface area contributed by atoms with Gasteiger partial charge in [-0.1, -0.05) is 55.8 Å². The van der Waals surface area contributed by atoms with Gasteiger partial charge in [0.25, 0.3) is 0 Å². The first kappa shape index (κ1) is 19.7. The molecule has 0 fully saturated rings. The van der Waals surface area contributed by atoms with E-state index in [9.17, 15) is 9.59 Å². The molecule has 1 amide bonds. The van der Waals surface area contributed by atoms with E-state index in [4.69, 9.17) is 9.47 Å². The number of hydrogen-bond donors (Lipinski definition) is 1. The van der Waals surface area contributed by atoms with E-state index in [0.717, 1.165) is 18.4 Å². The third kappa shape index (κ3) is 8.98. The highest BCUT2D eigenvalue weighted by molar-refractivity contribution is 5.69. The van der Waals surface area contributed by atoms with Crippen molar-refractivity contribution in [3.63, 3.8) is 0 Å². The van der Waals surface area contributed by atoms with Gasteiger partial charge in [-0.25, -0.2) is 4.79 Å². The van der Waals surface area contributed by atoms with Gasteiger partial charge in [-0.3, -0.25) is 4.79 Å². The van der Waals surface area contributed by atoms with Crippen LogP contribution in [0.15, 0.2) is 42.5 Å². The number of ether oxygens (including phenoxy) is 2. The zero-order valence-corrected chi connectivity index (χ0v) is 14.5. The Hall–Kier alpha value is -2.30. The van der Waals surface area contributed by atoms with Crippen LogP contribution in [0.5, 0.6) is 0 Å². The summed E-state index contributed by atoms with van der Waals surface area (Å²) in [4.78, 5) is 23.2. The topological polar surface area (TPSA) is 64.6 Å². The minimum absolute atomic E-state index is 0.0968. The molecule has 5 heteroatoms. The highest BCUT2D eigenvalue weighted by Gasteiger charge is 2.09. The lowest BCUT2D eigenvalue weighted by Gasteiger charge is -2.14. The second-order valence-corrected chi connectivity index (χ2v) is 5.37. The van der Waals surface area contributed by atoms with E-state index in [1.54, 1.807) is 6.92 Å². The van der Waals surface area contributed by atoms with Gasteiger partial charge in [0.2, 0.25) is 0 Å². The SMILES string of the molecule is CCC[C@H](/C=C\CCC(=O)OCC)NC(=O)OCc1ccccc1. The number of amides is 1. The molecular formula is C19H27NO4. The van der Waals surface area contributed by atoms with Crippen molar-refractivity contribution in [1.29, 1.82) is 0 Å². The number of esters is 1. The van der Waals surface area contributed by atoms with Crippen LogP contribution in [0.1, 0.15) is 45.1 Å². The summed E-state index contributed by atoms with van der Waals surface area (Å²) in [6, 6.07) is 9.45. The maximum Gasteiger partial charge on any atom is 0.407 e. The van der Waals surface area contributed by atoms with E-state index < -0.39 is 6.09 Å². The Morgan fingerprint density at radius 3 is 2.58 bits per heavy atom. The molecule has 1 aromatic rings. The number of carbonyl (C=O) groups is 2. The van der Waals surface area contributed by atoms with Gasteiger partial charge in [0.1, 0.15) is 6.61 Å². The van der Waals surface area contributed by atoms with E-state index >= 15 is 0 Å². The Kier molecular flexibility index (Phi) is 10.0. The maximum atomic E-state index is 11.9. The van der Waals surface area contributed by atoms with Crippen LogP contribution in [0, 0.1) is 0 Å². The molecule has 132 valence electrons.